The quantitative estimate of drug-likeness (QED) is 0.869. The van der Waals surface area contributed by atoms with Crippen molar-refractivity contribution < 1.29 is 8.42 Å². The van der Waals surface area contributed by atoms with E-state index in [4.69, 9.17) is 0 Å². The van der Waals surface area contributed by atoms with Gasteiger partial charge in [-0.05, 0) is 30.2 Å². The van der Waals surface area contributed by atoms with Crippen molar-refractivity contribution in [3.05, 3.63) is 48.0 Å². The predicted molar refractivity (Wildman–Crippen MR) is 77.2 cm³/mol. The van der Waals surface area contributed by atoms with E-state index in [2.05, 4.69) is 5.32 Å². The first-order valence-corrected chi connectivity index (χ1v) is 7.89. The predicted octanol–water partition coefficient (Wildman–Crippen LogP) is 2.86. The molecule has 1 aliphatic rings. The Bertz CT molecular complexity index is 718. The van der Waals surface area contributed by atoms with Gasteiger partial charge in [-0.2, -0.15) is 0 Å². The van der Waals surface area contributed by atoms with Crippen molar-refractivity contribution in [2.75, 3.05) is 17.6 Å². The lowest BCUT2D eigenvalue weighted by molar-refractivity contribution is 0.595. The largest absolute Gasteiger partial charge is 0.383 e. The maximum absolute atomic E-state index is 12.1. The Morgan fingerprint density at radius 2 is 1.68 bits per heavy atom. The van der Waals surface area contributed by atoms with Crippen LogP contribution in [0.4, 0.5) is 5.69 Å². The molecule has 3 rings (SSSR count). The summed E-state index contributed by atoms with van der Waals surface area (Å²) in [5.74, 6) is 0.164. The van der Waals surface area contributed by atoms with Crippen LogP contribution in [0, 0.1) is 6.92 Å². The summed E-state index contributed by atoms with van der Waals surface area (Å²) >= 11 is 0. The van der Waals surface area contributed by atoms with Gasteiger partial charge < -0.3 is 5.32 Å². The van der Waals surface area contributed by atoms with Crippen molar-refractivity contribution in [1.82, 2.24) is 0 Å². The minimum absolute atomic E-state index is 0.164. The second-order valence-corrected chi connectivity index (χ2v) is 6.90. The average molecular weight is 273 g/mol. The number of fused-ring (bicyclic) bond motifs is 1. The molecule has 0 atom stereocenters. The second kappa shape index (κ2) is 4.38. The number of aryl methyl sites for hydroxylation is 1. The first kappa shape index (κ1) is 12.2. The normalized spacial score (nSPS) is 16.5. The summed E-state index contributed by atoms with van der Waals surface area (Å²) < 4.78 is 24.1. The van der Waals surface area contributed by atoms with Gasteiger partial charge in [0.25, 0.3) is 0 Å². The highest BCUT2D eigenvalue weighted by Gasteiger charge is 2.23. The molecule has 2 aromatic carbocycles. The third kappa shape index (κ3) is 2.24. The molecule has 0 fully saturated rings. The third-order valence-electron chi connectivity index (χ3n) is 3.39. The molecule has 0 saturated carbocycles. The number of rotatable bonds is 1. The van der Waals surface area contributed by atoms with Gasteiger partial charge in [0.05, 0.1) is 16.3 Å². The summed E-state index contributed by atoms with van der Waals surface area (Å²) in [6.45, 7) is 2.52. The Hall–Kier alpha value is -1.81. The summed E-state index contributed by atoms with van der Waals surface area (Å²) in [4.78, 5) is 0.414. The molecule has 0 radical (unpaired) electrons. The molecular formula is C15H15NO2S. The van der Waals surface area contributed by atoms with Gasteiger partial charge >= 0.3 is 0 Å². The highest BCUT2D eigenvalue weighted by molar-refractivity contribution is 7.91. The average Bonchev–Trinajstić information content (AvgIpc) is 2.39. The minimum Gasteiger partial charge on any atom is -0.383 e. The molecule has 0 aliphatic carbocycles. The molecule has 0 aromatic heterocycles. The van der Waals surface area contributed by atoms with Crippen LogP contribution in [0.25, 0.3) is 11.1 Å². The van der Waals surface area contributed by atoms with Crippen LogP contribution in [0.1, 0.15) is 5.56 Å². The second-order valence-electron chi connectivity index (χ2n) is 4.82. The van der Waals surface area contributed by atoms with Gasteiger partial charge in [0.2, 0.25) is 0 Å². The smallest absolute Gasteiger partial charge is 0.182 e. The van der Waals surface area contributed by atoms with Crippen molar-refractivity contribution in [2.45, 2.75) is 11.8 Å². The molecular weight excluding hydrogens is 258 g/mol. The van der Waals surface area contributed by atoms with Crippen LogP contribution in [-0.4, -0.2) is 20.7 Å². The van der Waals surface area contributed by atoms with Crippen LogP contribution >= 0.6 is 0 Å². The highest BCUT2D eigenvalue weighted by atomic mass is 32.2. The van der Waals surface area contributed by atoms with E-state index < -0.39 is 9.84 Å². The molecule has 0 bridgehead atoms. The van der Waals surface area contributed by atoms with Crippen molar-refractivity contribution in [2.24, 2.45) is 0 Å². The molecule has 0 unspecified atom stereocenters. The van der Waals surface area contributed by atoms with E-state index in [1.165, 1.54) is 5.56 Å². The van der Waals surface area contributed by atoms with Crippen molar-refractivity contribution in [3.63, 3.8) is 0 Å². The summed E-state index contributed by atoms with van der Waals surface area (Å²) in [6, 6.07) is 13.7. The van der Waals surface area contributed by atoms with Gasteiger partial charge in [-0.1, -0.05) is 35.9 Å². The van der Waals surface area contributed by atoms with Crippen LogP contribution in [0.15, 0.2) is 47.4 Å². The molecule has 19 heavy (non-hydrogen) atoms. The molecule has 2 aromatic rings. The van der Waals surface area contributed by atoms with E-state index in [1.54, 1.807) is 6.07 Å². The SMILES string of the molecule is Cc1ccc(-c2ccc3c(c2)S(=O)(=O)CCN3)cc1. The van der Waals surface area contributed by atoms with Crippen LogP contribution < -0.4 is 5.32 Å². The lowest BCUT2D eigenvalue weighted by Crippen LogP contribution is -2.23. The van der Waals surface area contributed by atoms with E-state index >= 15 is 0 Å². The minimum atomic E-state index is -3.14. The van der Waals surface area contributed by atoms with E-state index in [9.17, 15) is 8.42 Å². The van der Waals surface area contributed by atoms with Gasteiger partial charge in [-0.25, -0.2) is 8.42 Å². The van der Waals surface area contributed by atoms with Crippen LogP contribution in [0.2, 0.25) is 0 Å². The molecule has 1 N–H and O–H groups in total. The monoisotopic (exact) mass is 273 g/mol. The van der Waals surface area contributed by atoms with E-state index in [0.717, 1.165) is 11.1 Å². The lowest BCUT2D eigenvalue weighted by Gasteiger charge is -2.19. The Morgan fingerprint density at radius 1 is 1.00 bits per heavy atom. The Morgan fingerprint density at radius 3 is 2.42 bits per heavy atom. The van der Waals surface area contributed by atoms with Crippen molar-refractivity contribution in [3.8, 4) is 11.1 Å². The molecule has 3 nitrogen and oxygen atoms in total. The number of hydrogen-bond acceptors (Lipinski definition) is 3. The van der Waals surface area contributed by atoms with Gasteiger partial charge in [0.1, 0.15) is 0 Å². The summed E-state index contributed by atoms with van der Waals surface area (Å²) in [6.07, 6.45) is 0. The molecule has 0 saturated heterocycles. The molecule has 0 spiro atoms. The van der Waals surface area contributed by atoms with Crippen molar-refractivity contribution >= 4 is 15.5 Å². The third-order valence-corrected chi connectivity index (χ3v) is 5.14. The van der Waals surface area contributed by atoms with Gasteiger partial charge in [0.15, 0.2) is 9.84 Å². The zero-order valence-electron chi connectivity index (χ0n) is 10.7. The molecule has 4 heteroatoms. The Balaban J connectivity index is 2.13. The topological polar surface area (TPSA) is 46.2 Å². The zero-order chi connectivity index (χ0) is 13.5. The van der Waals surface area contributed by atoms with E-state index in [0.29, 0.717) is 17.1 Å². The van der Waals surface area contributed by atoms with Gasteiger partial charge in [0, 0.05) is 6.54 Å². The Labute approximate surface area is 113 Å². The number of sulfone groups is 1. The van der Waals surface area contributed by atoms with Gasteiger partial charge in [-0.3, -0.25) is 0 Å². The number of nitrogens with one attached hydrogen (secondary N) is 1. The molecule has 98 valence electrons. The van der Waals surface area contributed by atoms with Crippen LogP contribution in [0.5, 0.6) is 0 Å². The standard InChI is InChI=1S/C15H15NO2S/c1-11-2-4-12(5-3-11)13-6-7-14-15(10-13)19(17,18)9-8-16-14/h2-7,10,16H,8-9H2,1H3. The van der Waals surface area contributed by atoms with Crippen LogP contribution in [0.3, 0.4) is 0 Å². The summed E-state index contributed by atoms with van der Waals surface area (Å²) in [7, 11) is -3.14. The van der Waals surface area contributed by atoms with Crippen molar-refractivity contribution in [1.29, 1.82) is 0 Å². The number of benzene rings is 2. The fourth-order valence-electron chi connectivity index (χ4n) is 2.28. The lowest BCUT2D eigenvalue weighted by atomic mass is 10.0. The summed E-state index contributed by atoms with van der Waals surface area (Å²) in [5, 5.41) is 3.13. The fourth-order valence-corrected chi connectivity index (χ4v) is 3.65. The van der Waals surface area contributed by atoms with E-state index in [-0.39, 0.29) is 5.75 Å². The first-order chi connectivity index (χ1) is 9.06. The number of anilines is 1. The maximum atomic E-state index is 12.1. The first-order valence-electron chi connectivity index (χ1n) is 6.24. The zero-order valence-corrected chi connectivity index (χ0v) is 11.5. The summed E-state index contributed by atoms with van der Waals surface area (Å²) in [5.41, 5.74) is 3.87. The molecule has 0 amide bonds. The van der Waals surface area contributed by atoms with E-state index in [1.807, 2.05) is 43.3 Å². The highest BCUT2D eigenvalue weighted by Crippen LogP contribution is 2.31. The molecule has 1 aliphatic heterocycles. The van der Waals surface area contributed by atoms with Gasteiger partial charge in [-0.15, -0.1) is 0 Å². The Kier molecular flexibility index (Phi) is 2.82. The molecule has 1 heterocycles. The van der Waals surface area contributed by atoms with Crippen LogP contribution in [-0.2, 0) is 9.84 Å². The maximum Gasteiger partial charge on any atom is 0.182 e. The number of hydrogen-bond donors (Lipinski definition) is 1. The fraction of sp³-hybridized carbons (Fsp3) is 0.200.